The first-order valence-electron chi connectivity index (χ1n) is 5.96. The zero-order chi connectivity index (χ0) is 14.6. The highest BCUT2D eigenvalue weighted by Gasteiger charge is 2.21. The van der Waals surface area contributed by atoms with E-state index in [1.54, 1.807) is 25.1 Å². The third-order valence-corrected chi connectivity index (χ3v) is 2.76. The van der Waals surface area contributed by atoms with Gasteiger partial charge in [-0.2, -0.15) is 0 Å². The highest BCUT2D eigenvalue weighted by atomic mass is 79.9. The van der Waals surface area contributed by atoms with Gasteiger partial charge in [-0.1, -0.05) is 15.9 Å². The Morgan fingerprint density at radius 3 is 2.58 bits per heavy atom. The van der Waals surface area contributed by atoms with Crippen molar-refractivity contribution in [2.24, 2.45) is 0 Å². The van der Waals surface area contributed by atoms with E-state index in [4.69, 9.17) is 4.74 Å². The fourth-order valence-corrected chi connectivity index (χ4v) is 1.81. The van der Waals surface area contributed by atoms with Gasteiger partial charge in [-0.3, -0.25) is 9.59 Å². The number of nitrogens with one attached hydrogen (secondary N) is 1. The largest absolute Gasteiger partial charge is 0.480 e. The molecule has 0 aliphatic heterocycles. The van der Waals surface area contributed by atoms with Crippen LogP contribution in [-0.4, -0.2) is 23.8 Å². The predicted octanol–water partition coefficient (Wildman–Crippen LogP) is 2.94. The molecule has 1 N–H and O–H groups in total. The van der Waals surface area contributed by atoms with Crippen molar-refractivity contribution in [1.82, 2.24) is 5.32 Å². The van der Waals surface area contributed by atoms with Crippen LogP contribution in [0.3, 0.4) is 0 Å². The van der Waals surface area contributed by atoms with Gasteiger partial charge in [0.2, 0.25) is 0 Å². The number of hydrogen-bond donors (Lipinski definition) is 1. The van der Waals surface area contributed by atoms with Crippen LogP contribution >= 0.6 is 15.9 Å². The molecule has 5 heteroatoms. The minimum absolute atomic E-state index is 0.215. The molecule has 0 aliphatic rings. The SMILES string of the molecule is CC(Oc1ccc(Br)cc1C=O)C(=O)NC(C)(C)C. The number of aldehydes is 1. The molecule has 0 radical (unpaired) electrons. The van der Waals surface area contributed by atoms with Crippen molar-refractivity contribution in [2.45, 2.75) is 39.3 Å². The van der Waals surface area contributed by atoms with Gasteiger partial charge in [0.15, 0.2) is 12.4 Å². The average Bonchev–Trinajstić information content (AvgIpc) is 2.29. The lowest BCUT2D eigenvalue weighted by Gasteiger charge is -2.24. The van der Waals surface area contributed by atoms with Crippen LogP contribution in [0.15, 0.2) is 22.7 Å². The number of halogens is 1. The maximum atomic E-state index is 11.9. The van der Waals surface area contributed by atoms with Crippen LogP contribution < -0.4 is 10.1 Å². The number of carbonyl (C=O) groups is 2. The fraction of sp³-hybridized carbons (Fsp3) is 0.429. The number of hydrogen-bond acceptors (Lipinski definition) is 3. The van der Waals surface area contributed by atoms with Crippen molar-refractivity contribution in [3.63, 3.8) is 0 Å². The maximum absolute atomic E-state index is 11.9. The molecule has 1 unspecified atom stereocenters. The summed E-state index contributed by atoms with van der Waals surface area (Å²) in [5.74, 6) is 0.182. The summed E-state index contributed by atoms with van der Waals surface area (Å²) in [6, 6.07) is 5.07. The Kier molecular flexibility index (Phi) is 5.11. The normalized spacial score (nSPS) is 12.7. The van der Waals surface area contributed by atoms with Gasteiger partial charge in [0.05, 0.1) is 5.56 Å². The lowest BCUT2D eigenvalue weighted by molar-refractivity contribution is -0.128. The Labute approximate surface area is 121 Å². The summed E-state index contributed by atoms with van der Waals surface area (Å²) in [5.41, 5.74) is 0.0897. The van der Waals surface area contributed by atoms with E-state index < -0.39 is 6.10 Å². The minimum Gasteiger partial charge on any atom is -0.480 e. The summed E-state index contributed by atoms with van der Waals surface area (Å²) in [7, 11) is 0. The van der Waals surface area contributed by atoms with E-state index in [9.17, 15) is 9.59 Å². The van der Waals surface area contributed by atoms with E-state index in [-0.39, 0.29) is 11.4 Å². The van der Waals surface area contributed by atoms with Crippen LogP contribution in [0, 0.1) is 0 Å². The zero-order valence-electron chi connectivity index (χ0n) is 11.5. The second-order valence-electron chi connectivity index (χ2n) is 5.30. The van der Waals surface area contributed by atoms with Gasteiger partial charge in [-0.15, -0.1) is 0 Å². The quantitative estimate of drug-likeness (QED) is 0.865. The molecule has 4 nitrogen and oxygen atoms in total. The number of amides is 1. The molecule has 1 aromatic carbocycles. The molecule has 1 aromatic rings. The molecule has 0 saturated carbocycles. The van der Waals surface area contributed by atoms with Gasteiger partial charge in [0, 0.05) is 10.0 Å². The number of carbonyl (C=O) groups excluding carboxylic acids is 2. The minimum atomic E-state index is -0.667. The first-order chi connectivity index (χ1) is 8.73. The molecule has 1 rings (SSSR count). The second-order valence-corrected chi connectivity index (χ2v) is 6.22. The average molecular weight is 328 g/mol. The Bertz CT molecular complexity index is 480. The zero-order valence-corrected chi connectivity index (χ0v) is 13.1. The van der Waals surface area contributed by atoms with Crippen LogP contribution in [0.1, 0.15) is 38.1 Å². The summed E-state index contributed by atoms with van der Waals surface area (Å²) in [6.07, 6.45) is 0.0354. The summed E-state index contributed by atoms with van der Waals surface area (Å²) < 4.78 is 6.32. The molecule has 0 bridgehead atoms. The van der Waals surface area contributed by atoms with E-state index in [0.717, 1.165) is 4.47 Å². The molecule has 0 heterocycles. The second kappa shape index (κ2) is 6.19. The van der Waals surface area contributed by atoms with E-state index in [1.165, 1.54) is 0 Å². The first kappa shape index (κ1) is 15.7. The standard InChI is InChI=1S/C14H18BrNO3/c1-9(13(18)16-14(2,3)4)19-12-6-5-11(15)7-10(12)8-17/h5-9H,1-4H3,(H,16,18). The van der Waals surface area contributed by atoms with E-state index in [1.807, 2.05) is 20.8 Å². The smallest absolute Gasteiger partial charge is 0.261 e. The van der Waals surface area contributed by atoms with Crippen molar-refractivity contribution < 1.29 is 14.3 Å². The number of rotatable bonds is 4. The van der Waals surface area contributed by atoms with E-state index >= 15 is 0 Å². The van der Waals surface area contributed by atoms with Crippen molar-refractivity contribution in [3.8, 4) is 5.75 Å². The summed E-state index contributed by atoms with van der Waals surface area (Å²) in [5, 5.41) is 2.83. The van der Waals surface area contributed by atoms with Crippen LogP contribution in [0.4, 0.5) is 0 Å². The van der Waals surface area contributed by atoms with Gasteiger partial charge < -0.3 is 10.1 Å². The molecule has 0 fully saturated rings. The Morgan fingerprint density at radius 2 is 2.05 bits per heavy atom. The molecule has 1 atom stereocenters. The highest BCUT2D eigenvalue weighted by Crippen LogP contribution is 2.22. The third kappa shape index (κ3) is 5.03. The monoisotopic (exact) mass is 327 g/mol. The fourth-order valence-electron chi connectivity index (χ4n) is 1.43. The van der Waals surface area contributed by atoms with Gasteiger partial charge >= 0.3 is 0 Å². The van der Waals surface area contributed by atoms with Crippen LogP contribution in [-0.2, 0) is 4.79 Å². The summed E-state index contributed by atoms with van der Waals surface area (Å²) in [6.45, 7) is 7.34. The molecular formula is C14H18BrNO3. The molecule has 0 aromatic heterocycles. The lowest BCUT2D eigenvalue weighted by Crippen LogP contribution is -2.46. The van der Waals surface area contributed by atoms with Gasteiger partial charge in [-0.05, 0) is 45.9 Å². The lowest BCUT2D eigenvalue weighted by atomic mass is 10.1. The topological polar surface area (TPSA) is 55.4 Å². The third-order valence-electron chi connectivity index (χ3n) is 2.27. The Hall–Kier alpha value is -1.36. The van der Waals surface area contributed by atoms with Crippen molar-refractivity contribution in [1.29, 1.82) is 0 Å². The van der Waals surface area contributed by atoms with Gasteiger partial charge in [0.25, 0.3) is 5.91 Å². The molecule has 1 amide bonds. The van der Waals surface area contributed by atoms with Gasteiger partial charge in [-0.25, -0.2) is 0 Å². The number of ether oxygens (including phenoxy) is 1. The highest BCUT2D eigenvalue weighted by molar-refractivity contribution is 9.10. The molecular weight excluding hydrogens is 310 g/mol. The summed E-state index contributed by atoms with van der Waals surface area (Å²) >= 11 is 3.28. The summed E-state index contributed by atoms with van der Waals surface area (Å²) in [4.78, 5) is 22.9. The first-order valence-corrected chi connectivity index (χ1v) is 6.75. The molecule has 0 saturated heterocycles. The maximum Gasteiger partial charge on any atom is 0.261 e. The molecule has 19 heavy (non-hydrogen) atoms. The van der Waals surface area contributed by atoms with Crippen molar-refractivity contribution in [2.75, 3.05) is 0 Å². The van der Waals surface area contributed by atoms with E-state index in [0.29, 0.717) is 17.6 Å². The van der Waals surface area contributed by atoms with Crippen molar-refractivity contribution >= 4 is 28.1 Å². The molecule has 0 aliphatic carbocycles. The van der Waals surface area contributed by atoms with Gasteiger partial charge in [0.1, 0.15) is 5.75 Å². The molecule has 104 valence electrons. The Morgan fingerprint density at radius 1 is 1.42 bits per heavy atom. The van der Waals surface area contributed by atoms with E-state index in [2.05, 4.69) is 21.2 Å². The predicted molar refractivity (Wildman–Crippen MR) is 77.5 cm³/mol. The molecule has 0 spiro atoms. The van der Waals surface area contributed by atoms with Crippen LogP contribution in [0.5, 0.6) is 5.75 Å². The number of benzene rings is 1. The Balaban J connectivity index is 2.79. The van der Waals surface area contributed by atoms with Crippen molar-refractivity contribution in [3.05, 3.63) is 28.2 Å². The van der Waals surface area contributed by atoms with Crippen LogP contribution in [0.25, 0.3) is 0 Å². The van der Waals surface area contributed by atoms with Crippen LogP contribution in [0.2, 0.25) is 0 Å².